The number of fused-ring (bicyclic) bond motifs is 1. The number of aromatic nitrogens is 2. The first-order chi connectivity index (χ1) is 9.52. The van der Waals surface area contributed by atoms with Crippen molar-refractivity contribution in [3.05, 3.63) is 29.6 Å². The van der Waals surface area contributed by atoms with Gasteiger partial charge in [-0.05, 0) is 36.5 Å². The van der Waals surface area contributed by atoms with Crippen molar-refractivity contribution in [3.63, 3.8) is 0 Å². The van der Waals surface area contributed by atoms with Gasteiger partial charge in [0.2, 0.25) is 0 Å². The molecule has 1 aliphatic carbocycles. The number of imidazole rings is 1. The molecule has 0 atom stereocenters. The lowest BCUT2D eigenvalue weighted by molar-refractivity contribution is 0.0697. The molecule has 1 saturated carbocycles. The monoisotopic (exact) mass is 272 g/mol. The maximum absolute atomic E-state index is 11.2. The molecule has 3 rings (SSSR count). The van der Waals surface area contributed by atoms with E-state index in [-0.39, 0.29) is 0 Å². The Kier molecular flexibility index (Phi) is 3.04. The van der Waals surface area contributed by atoms with Crippen molar-refractivity contribution >= 4 is 17.0 Å². The van der Waals surface area contributed by atoms with Crippen LogP contribution in [0.5, 0.6) is 0 Å². The third-order valence-electron chi connectivity index (χ3n) is 4.49. The van der Waals surface area contributed by atoms with Gasteiger partial charge in [0.05, 0.1) is 16.6 Å². The van der Waals surface area contributed by atoms with Gasteiger partial charge in [0.15, 0.2) is 0 Å². The lowest BCUT2D eigenvalue weighted by Gasteiger charge is -2.39. The van der Waals surface area contributed by atoms with E-state index in [1.807, 2.05) is 6.07 Å². The smallest absolute Gasteiger partial charge is 0.335 e. The Morgan fingerprint density at radius 2 is 2.20 bits per heavy atom. The van der Waals surface area contributed by atoms with Crippen LogP contribution < -0.4 is 0 Å². The van der Waals surface area contributed by atoms with Crippen LogP contribution in [0, 0.1) is 5.41 Å². The topological polar surface area (TPSA) is 55.1 Å². The number of aromatic carboxylic acids is 1. The number of rotatable bonds is 4. The van der Waals surface area contributed by atoms with Crippen LogP contribution in [-0.4, -0.2) is 20.6 Å². The van der Waals surface area contributed by atoms with Crippen molar-refractivity contribution in [1.29, 1.82) is 0 Å². The summed E-state index contributed by atoms with van der Waals surface area (Å²) >= 11 is 0. The van der Waals surface area contributed by atoms with E-state index in [1.54, 1.807) is 12.1 Å². The van der Waals surface area contributed by atoms with Crippen molar-refractivity contribution in [2.75, 3.05) is 0 Å². The van der Waals surface area contributed by atoms with Gasteiger partial charge in [-0.2, -0.15) is 0 Å². The van der Waals surface area contributed by atoms with Gasteiger partial charge in [0, 0.05) is 13.0 Å². The van der Waals surface area contributed by atoms with E-state index < -0.39 is 5.97 Å². The van der Waals surface area contributed by atoms with E-state index in [2.05, 4.69) is 23.4 Å². The van der Waals surface area contributed by atoms with Gasteiger partial charge >= 0.3 is 5.97 Å². The van der Waals surface area contributed by atoms with Gasteiger partial charge in [-0.15, -0.1) is 0 Å². The number of carboxylic acids is 1. The average molecular weight is 272 g/mol. The van der Waals surface area contributed by atoms with Crippen LogP contribution >= 0.6 is 0 Å². The average Bonchev–Trinajstić information content (AvgIpc) is 2.74. The minimum absolute atomic E-state index is 0.333. The summed E-state index contributed by atoms with van der Waals surface area (Å²) in [5.74, 6) is 0.170. The summed E-state index contributed by atoms with van der Waals surface area (Å²) in [7, 11) is 0. The number of nitrogens with zero attached hydrogens (tertiary/aromatic N) is 2. The molecule has 1 N–H and O–H groups in total. The maximum atomic E-state index is 11.2. The molecule has 0 spiro atoms. The second-order valence-corrected chi connectivity index (χ2v) is 6.14. The Hall–Kier alpha value is -1.84. The van der Waals surface area contributed by atoms with Crippen molar-refractivity contribution in [2.24, 2.45) is 5.41 Å². The molecule has 106 valence electrons. The lowest BCUT2D eigenvalue weighted by atomic mass is 9.70. The first-order valence-corrected chi connectivity index (χ1v) is 7.25. The van der Waals surface area contributed by atoms with E-state index in [4.69, 9.17) is 5.11 Å². The fraction of sp³-hybridized carbons (Fsp3) is 0.500. The number of hydrogen-bond donors (Lipinski definition) is 1. The number of carbonyl (C=O) groups is 1. The Morgan fingerprint density at radius 3 is 2.75 bits per heavy atom. The van der Waals surface area contributed by atoms with Crippen LogP contribution in [0.2, 0.25) is 0 Å². The zero-order chi connectivity index (χ0) is 14.3. The van der Waals surface area contributed by atoms with Gasteiger partial charge in [-0.1, -0.05) is 20.3 Å². The van der Waals surface area contributed by atoms with E-state index >= 15 is 0 Å². The molecule has 1 aliphatic rings. The summed E-state index contributed by atoms with van der Waals surface area (Å²) in [5, 5.41) is 9.16. The summed E-state index contributed by atoms with van der Waals surface area (Å²) in [6.07, 6.45) is 4.65. The van der Waals surface area contributed by atoms with Crippen molar-refractivity contribution in [2.45, 2.75) is 46.1 Å². The molecule has 0 aliphatic heterocycles. The molecule has 0 bridgehead atoms. The molecule has 1 fully saturated rings. The highest BCUT2D eigenvalue weighted by Crippen LogP contribution is 2.42. The Bertz CT molecular complexity index is 668. The highest BCUT2D eigenvalue weighted by atomic mass is 16.4. The minimum Gasteiger partial charge on any atom is -0.478 e. The summed E-state index contributed by atoms with van der Waals surface area (Å²) in [5.41, 5.74) is 2.53. The summed E-state index contributed by atoms with van der Waals surface area (Å²) in [6, 6.07) is 5.20. The predicted octanol–water partition coefficient (Wildman–Crippen LogP) is 3.49. The molecule has 4 heteroatoms. The van der Waals surface area contributed by atoms with Gasteiger partial charge in [-0.3, -0.25) is 0 Å². The molecule has 1 aromatic heterocycles. The van der Waals surface area contributed by atoms with Crippen LogP contribution in [0.3, 0.4) is 0 Å². The molecule has 0 unspecified atom stereocenters. The first kappa shape index (κ1) is 13.2. The molecular formula is C16H20N2O2. The lowest BCUT2D eigenvalue weighted by Crippen LogP contribution is -2.31. The van der Waals surface area contributed by atoms with Gasteiger partial charge in [-0.25, -0.2) is 9.78 Å². The largest absolute Gasteiger partial charge is 0.478 e. The number of aryl methyl sites for hydroxylation is 1. The SMILES string of the molecule is CCc1nc2ccc(C(=O)O)cc2n1CC1(C)CCC1. The van der Waals surface area contributed by atoms with Crippen LogP contribution in [-0.2, 0) is 13.0 Å². The zero-order valence-corrected chi connectivity index (χ0v) is 12.0. The van der Waals surface area contributed by atoms with Gasteiger partial charge < -0.3 is 9.67 Å². The van der Waals surface area contributed by atoms with Crippen molar-refractivity contribution in [3.8, 4) is 0 Å². The third-order valence-corrected chi connectivity index (χ3v) is 4.49. The fourth-order valence-electron chi connectivity index (χ4n) is 3.07. The van der Waals surface area contributed by atoms with E-state index in [9.17, 15) is 4.79 Å². The standard InChI is InChI=1S/C16H20N2O2/c1-3-14-17-12-6-5-11(15(19)20)9-13(12)18(14)10-16(2)7-4-8-16/h5-6,9H,3-4,7-8,10H2,1-2H3,(H,19,20). The normalized spacial score (nSPS) is 17.1. The fourth-order valence-corrected chi connectivity index (χ4v) is 3.07. The molecular weight excluding hydrogens is 252 g/mol. The van der Waals surface area contributed by atoms with Crippen LogP contribution in [0.15, 0.2) is 18.2 Å². The molecule has 1 heterocycles. The van der Waals surface area contributed by atoms with Crippen LogP contribution in [0.4, 0.5) is 0 Å². The maximum Gasteiger partial charge on any atom is 0.335 e. The Balaban J connectivity index is 2.10. The van der Waals surface area contributed by atoms with Gasteiger partial charge in [0.25, 0.3) is 0 Å². The number of hydrogen-bond acceptors (Lipinski definition) is 2. The molecule has 0 saturated heterocycles. The minimum atomic E-state index is -0.882. The quantitative estimate of drug-likeness (QED) is 0.927. The van der Waals surface area contributed by atoms with E-state index in [1.165, 1.54) is 19.3 Å². The van der Waals surface area contributed by atoms with Crippen molar-refractivity contribution in [1.82, 2.24) is 9.55 Å². The second kappa shape index (κ2) is 4.62. The second-order valence-electron chi connectivity index (χ2n) is 6.14. The number of benzene rings is 1. The van der Waals surface area contributed by atoms with E-state index in [0.717, 1.165) is 29.8 Å². The Morgan fingerprint density at radius 1 is 1.45 bits per heavy atom. The Labute approximate surface area is 118 Å². The summed E-state index contributed by atoms with van der Waals surface area (Å²) < 4.78 is 2.22. The molecule has 0 amide bonds. The number of carboxylic acid groups (broad SMARTS) is 1. The molecule has 20 heavy (non-hydrogen) atoms. The summed E-state index contributed by atoms with van der Waals surface area (Å²) in [4.78, 5) is 15.8. The van der Waals surface area contributed by atoms with Crippen molar-refractivity contribution < 1.29 is 9.90 Å². The third kappa shape index (κ3) is 2.09. The zero-order valence-electron chi connectivity index (χ0n) is 12.0. The van der Waals surface area contributed by atoms with Crippen LogP contribution in [0.25, 0.3) is 11.0 Å². The molecule has 1 aromatic carbocycles. The predicted molar refractivity (Wildman–Crippen MR) is 78.0 cm³/mol. The highest BCUT2D eigenvalue weighted by Gasteiger charge is 2.33. The molecule has 0 radical (unpaired) electrons. The molecule has 4 nitrogen and oxygen atoms in total. The molecule has 2 aromatic rings. The van der Waals surface area contributed by atoms with Gasteiger partial charge in [0.1, 0.15) is 5.82 Å². The summed E-state index contributed by atoms with van der Waals surface area (Å²) in [6.45, 7) is 5.34. The van der Waals surface area contributed by atoms with Crippen LogP contribution in [0.1, 0.15) is 49.3 Å². The van der Waals surface area contributed by atoms with E-state index in [0.29, 0.717) is 11.0 Å². The first-order valence-electron chi connectivity index (χ1n) is 7.25. The highest BCUT2D eigenvalue weighted by molar-refractivity contribution is 5.92.